The van der Waals surface area contributed by atoms with Gasteiger partial charge in [-0.2, -0.15) is 13.5 Å². The summed E-state index contributed by atoms with van der Waals surface area (Å²) in [6.07, 6.45) is 1.16. The molecule has 0 aliphatic heterocycles. The third-order valence-corrected chi connectivity index (χ3v) is 4.93. The van der Waals surface area contributed by atoms with E-state index in [-0.39, 0.29) is 10.6 Å². The van der Waals surface area contributed by atoms with Crippen molar-refractivity contribution < 1.29 is 13.3 Å². The summed E-state index contributed by atoms with van der Waals surface area (Å²) in [7, 11) is -4.07. The number of nitrogens with one attached hydrogen (secondary N) is 1. The van der Waals surface area contributed by atoms with Crippen LogP contribution in [0.5, 0.6) is 0 Å². The third-order valence-electron chi connectivity index (χ3n) is 3.05. The number of hydrazone groups is 1. The Balaban J connectivity index is 2.28. The summed E-state index contributed by atoms with van der Waals surface area (Å²) in [5.74, 6) is 0. The van der Waals surface area contributed by atoms with Crippen LogP contribution in [0.25, 0.3) is 0 Å². The fourth-order valence-electron chi connectivity index (χ4n) is 1.80. The Morgan fingerprint density at radius 3 is 2.42 bits per heavy atom. The average molecular weight is 388 g/mol. The van der Waals surface area contributed by atoms with E-state index in [1.54, 1.807) is 18.2 Å². The van der Waals surface area contributed by atoms with Gasteiger partial charge in [-0.15, -0.1) is 0 Å². The molecule has 2 rings (SSSR count). The molecule has 0 unspecified atom stereocenters. The van der Waals surface area contributed by atoms with Crippen molar-refractivity contribution in [2.45, 2.75) is 11.8 Å². The topological polar surface area (TPSA) is 102 Å². The Labute approximate surface area is 148 Å². The van der Waals surface area contributed by atoms with Crippen LogP contribution in [0.1, 0.15) is 11.1 Å². The Kier molecular flexibility index (Phi) is 5.43. The van der Waals surface area contributed by atoms with Gasteiger partial charge < -0.3 is 0 Å². The molecule has 0 radical (unpaired) electrons. The largest absolute Gasteiger partial charge is 0.276 e. The summed E-state index contributed by atoms with van der Waals surface area (Å²) in [4.78, 5) is 11.9. The minimum atomic E-state index is -4.07. The normalized spacial score (nSPS) is 11.6. The number of aryl methyl sites for hydroxylation is 1. The number of benzene rings is 2. The number of nitro groups is 1. The molecule has 0 saturated heterocycles. The van der Waals surface area contributed by atoms with Crippen LogP contribution in [-0.4, -0.2) is 19.6 Å². The molecule has 0 bridgehead atoms. The SMILES string of the molecule is Cc1ccc(S(=O)(=O)N/N=C/c2c(Cl)cccc2Cl)cc1[N+](=O)[O-]. The van der Waals surface area contributed by atoms with Crippen molar-refractivity contribution in [1.29, 1.82) is 0 Å². The second kappa shape index (κ2) is 7.16. The molecule has 0 atom stereocenters. The maximum absolute atomic E-state index is 12.2. The Morgan fingerprint density at radius 1 is 1.21 bits per heavy atom. The molecule has 126 valence electrons. The predicted octanol–water partition coefficient (Wildman–Crippen LogP) is 3.52. The fraction of sp³-hybridized carbons (Fsp3) is 0.0714. The van der Waals surface area contributed by atoms with Gasteiger partial charge in [0.2, 0.25) is 0 Å². The Bertz CT molecular complexity index is 909. The second-order valence-electron chi connectivity index (χ2n) is 4.69. The summed E-state index contributed by atoms with van der Waals surface area (Å²) in [6.45, 7) is 1.51. The van der Waals surface area contributed by atoms with Crippen LogP contribution in [0.4, 0.5) is 5.69 Å². The molecular weight excluding hydrogens is 377 g/mol. The van der Waals surface area contributed by atoms with Crippen LogP contribution in [0.2, 0.25) is 10.0 Å². The standard InChI is InChI=1S/C14H11Cl2N3O4S/c1-9-5-6-10(7-14(9)19(20)21)24(22,23)18-17-8-11-12(15)3-2-4-13(11)16/h2-8,18H,1H3/b17-8+. The number of halogens is 2. The van der Waals surface area contributed by atoms with Gasteiger partial charge in [0.05, 0.1) is 26.1 Å². The van der Waals surface area contributed by atoms with E-state index < -0.39 is 14.9 Å². The minimum Gasteiger partial charge on any atom is -0.258 e. The summed E-state index contributed by atoms with van der Waals surface area (Å²) in [5.41, 5.74) is 0.403. The highest BCUT2D eigenvalue weighted by Crippen LogP contribution is 2.23. The monoisotopic (exact) mass is 387 g/mol. The lowest BCUT2D eigenvalue weighted by molar-refractivity contribution is -0.385. The molecular formula is C14H11Cl2N3O4S. The molecule has 7 nitrogen and oxygen atoms in total. The molecule has 0 spiro atoms. The first kappa shape index (κ1) is 18.2. The highest BCUT2D eigenvalue weighted by atomic mass is 35.5. The summed E-state index contributed by atoms with van der Waals surface area (Å²) >= 11 is 11.9. The molecule has 2 aromatic rings. The van der Waals surface area contributed by atoms with Gasteiger partial charge in [-0.3, -0.25) is 10.1 Å². The third kappa shape index (κ3) is 4.02. The summed E-state index contributed by atoms with van der Waals surface area (Å²) < 4.78 is 24.3. The summed E-state index contributed by atoms with van der Waals surface area (Å²) in [6, 6.07) is 8.36. The smallest absolute Gasteiger partial charge is 0.258 e. The number of hydrogen-bond donors (Lipinski definition) is 1. The van der Waals surface area contributed by atoms with Gasteiger partial charge in [0.15, 0.2) is 0 Å². The van der Waals surface area contributed by atoms with Crippen LogP contribution >= 0.6 is 23.2 Å². The zero-order chi connectivity index (χ0) is 17.9. The lowest BCUT2D eigenvalue weighted by Gasteiger charge is -2.05. The van der Waals surface area contributed by atoms with Gasteiger partial charge >= 0.3 is 0 Å². The maximum Gasteiger partial charge on any atom is 0.276 e. The average Bonchev–Trinajstić information content (AvgIpc) is 2.50. The van der Waals surface area contributed by atoms with Gasteiger partial charge in [-0.1, -0.05) is 35.3 Å². The molecule has 0 fully saturated rings. The number of rotatable bonds is 5. The molecule has 24 heavy (non-hydrogen) atoms. The number of hydrogen-bond acceptors (Lipinski definition) is 5. The molecule has 0 aromatic heterocycles. The zero-order valence-corrected chi connectivity index (χ0v) is 14.6. The maximum atomic E-state index is 12.2. The molecule has 0 heterocycles. The van der Waals surface area contributed by atoms with E-state index in [1.807, 2.05) is 4.83 Å². The number of sulfonamides is 1. The predicted molar refractivity (Wildman–Crippen MR) is 92.2 cm³/mol. The highest BCUT2D eigenvalue weighted by Gasteiger charge is 2.19. The van der Waals surface area contributed by atoms with E-state index in [9.17, 15) is 18.5 Å². The molecule has 2 aromatic carbocycles. The van der Waals surface area contributed by atoms with Gasteiger partial charge in [-0.05, 0) is 25.1 Å². The zero-order valence-electron chi connectivity index (χ0n) is 12.2. The van der Waals surface area contributed by atoms with Gasteiger partial charge in [0.1, 0.15) is 0 Å². The second-order valence-corrected chi connectivity index (χ2v) is 7.17. The quantitative estimate of drug-likeness (QED) is 0.481. The molecule has 10 heteroatoms. The van der Waals surface area contributed by atoms with E-state index in [4.69, 9.17) is 23.2 Å². The van der Waals surface area contributed by atoms with Gasteiger partial charge in [0, 0.05) is 17.2 Å². The van der Waals surface area contributed by atoms with Gasteiger partial charge in [-0.25, -0.2) is 4.83 Å². The van der Waals surface area contributed by atoms with E-state index in [2.05, 4.69) is 5.10 Å². The van der Waals surface area contributed by atoms with Crippen molar-refractivity contribution in [3.05, 3.63) is 67.7 Å². The van der Waals surface area contributed by atoms with E-state index in [1.165, 1.54) is 19.1 Å². The Hall–Kier alpha value is -2.16. The van der Waals surface area contributed by atoms with E-state index in [0.29, 0.717) is 21.2 Å². The number of nitrogens with zero attached hydrogens (tertiary/aromatic N) is 2. The minimum absolute atomic E-state index is 0.276. The van der Waals surface area contributed by atoms with Crippen molar-refractivity contribution in [1.82, 2.24) is 4.83 Å². The van der Waals surface area contributed by atoms with Crippen LogP contribution < -0.4 is 4.83 Å². The first-order valence-electron chi connectivity index (χ1n) is 6.46. The first-order valence-corrected chi connectivity index (χ1v) is 8.70. The molecule has 0 saturated carbocycles. The Morgan fingerprint density at radius 2 is 1.83 bits per heavy atom. The highest BCUT2D eigenvalue weighted by molar-refractivity contribution is 7.89. The van der Waals surface area contributed by atoms with Gasteiger partial charge in [0.25, 0.3) is 15.7 Å². The fourth-order valence-corrected chi connectivity index (χ4v) is 3.11. The lowest BCUT2D eigenvalue weighted by atomic mass is 10.2. The van der Waals surface area contributed by atoms with E-state index in [0.717, 1.165) is 12.3 Å². The molecule has 1 N–H and O–H groups in total. The molecule has 0 aliphatic carbocycles. The van der Waals surface area contributed by atoms with Crippen molar-refractivity contribution in [2.24, 2.45) is 5.10 Å². The first-order chi connectivity index (χ1) is 11.2. The lowest BCUT2D eigenvalue weighted by Crippen LogP contribution is -2.18. The van der Waals surface area contributed by atoms with Crippen molar-refractivity contribution in [3.63, 3.8) is 0 Å². The van der Waals surface area contributed by atoms with Crippen LogP contribution in [0.15, 0.2) is 46.4 Å². The van der Waals surface area contributed by atoms with Crippen molar-refractivity contribution >= 4 is 45.1 Å². The van der Waals surface area contributed by atoms with Crippen molar-refractivity contribution in [2.75, 3.05) is 0 Å². The summed E-state index contributed by atoms with van der Waals surface area (Å²) in [5, 5.41) is 15.1. The van der Waals surface area contributed by atoms with Crippen molar-refractivity contribution in [3.8, 4) is 0 Å². The number of nitro benzene ring substituents is 1. The van der Waals surface area contributed by atoms with E-state index >= 15 is 0 Å². The molecule has 0 amide bonds. The van der Waals surface area contributed by atoms with Crippen LogP contribution in [0.3, 0.4) is 0 Å². The van der Waals surface area contributed by atoms with Crippen LogP contribution in [0, 0.1) is 17.0 Å². The molecule has 0 aliphatic rings. The van der Waals surface area contributed by atoms with Crippen LogP contribution in [-0.2, 0) is 10.0 Å².